The number of halogens is 1. The summed E-state index contributed by atoms with van der Waals surface area (Å²) in [6, 6.07) is 4.83. The van der Waals surface area contributed by atoms with Crippen molar-refractivity contribution in [3.05, 3.63) is 35.6 Å². The first-order chi connectivity index (χ1) is 13.9. The van der Waals surface area contributed by atoms with Crippen LogP contribution in [0.4, 0.5) is 0 Å². The van der Waals surface area contributed by atoms with Gasteiger partial charge in [-0.3, -0.25) is 14.7 Å². The molecule has 1 aromatic carbocycles. The van der Waals surface area contributed by atoms with E-state index < -0.39 is 10.0 Å². The van der Waals surface area contributed by atoms with Crippen LogP contribution in [0.2, 0.25) is 5.02 Å². The number of pyridine rings is 1. The van der Waals surface area contributed by atoms with E-state index in [1.54, 1.807) is 24.4 Å². The van der Waals surface area contributed by atoms with Gasteiger partial charge < -0.3 is 10.1 Å². The topological polar surface area (TPSA) is 91.8 Å². The number of aromatic nitrogens is 1. The lowest BCUT2D eigenvalue weighted by atomic mass is 10.2. The van der Waals surface area contributed by atoms with E-state index in [2.05, 4.69) is 10.3 Å². The first-order valence-electron chi connectivity index (χ1n) is 9.57. The van der Waals surface area contributed by atoms with E-state index in [1.165, 1.54) is 10.5 Å². The Morgan fingerprint density at radius 1 is 1.24 bits per heavy atom. The molecule has 1 aromatic heterocycles. The third kappa shape index (κ3) is 4.39. The van der Waals surface area contributed by atoms with E-state index in [0.29, 0.717) is 48.5 Å². The molecule has 10 heteroatoms. The summed E-state index contributed by atoms with van der Waals surface area (Å²) < 4.78 is 33.2. The summed E-state index contributed by atoms with van der Waals surface area (Å²) in [6.45, 7) is 3.63. The fourth-order valence-corrected chi connectivity index (χ4v) is 5.87. The molecule has 2 aromatic rings. The van der Waals surface area contributed by atoms with Gasteiger partial charge >= 0.3 is 0 Å². The maximum absolute atomic E-state index is 13.3. The average Bonchev–Trinajstić information content (AvgIpc) is 3.18. The first-order valence-corrected chi connectivity index (χ1v) is 11.4. The third-order valence-electron chi connectivity index (χ3n) is 5.30. The van der Waals surface area contributed by atoms with Gasteiger partial charge in [-0.25, -0.2) is 8.42 Å². The van der Waals surface area contributed by atoms with Crippen molar-refractivity contribution in [2.45, 2.75) is 17.4 Å². The maximum Gasteiger partial charge on any atom is 0.243 e. The van der Waals surface area contributed by atoms with E-state index >= 15 is 0 Å². The van der Waals surface area contributed by atoms with Crippen LogP contribution in [0.5, 0.6) is 0 Å². The summed E-state index contributed by atoms with van der Waals surface area (Å²) in [5.74, 6) is -0.0876. The Balaban J connectivity index is 1.45. The number of nitrogens with zero attached hydrogens (tertiary/aromatic N) is 3. The van der Waals surface area contributed by atoms with Crippen molar-refractivity contribution in [1.29, 1.82) is 0 Å². The summed E-state index contributed by atoms with van der Waals surface area (Å²) in [7, 11) is -3.74. The van der Waals surface area contributed by atoms with Crippen molar-refractivity contribution in [1.82, 2.24) is 19.5 Å². The lowest BCUT2D eigenvalue weighted by Gasteiger charge is -2.26. The molecule has 0 spiro atoms. The largest absolute Gasteiger partial charge is 0.379 e. The Morgan fingerprint density at radius 3 is 2.83 bits per heavy atom. The minimum absolute atomic E-state index is 0.0876. The molecule has 2 fully saturated rings. The van der Waals surface area contributed by atoms with Crippen molar-refractivity contribution in [3.8, 4) is 0 Å². The smallest absolute Gasteiger partial charge is 0.243 e. The fraction of sp³-hybridized carbons (Fsp3) is 0.474. The second-order valence-electron chi connectivity index (χ2n) is 7.28. The van der Waals surface area contributed by atoms with Crippen molar-refractivity contribution < 1.29 is 17.9 Å². The molecule has 1 N–H and O–H groups in total. The van der Waals surface area contributed by atoms with Gasteiger partial charge in [-0.05, 0) is 12.5 Å². The number of hydrogen-bond acceptors (Lipinski definition) is 6. The Morgan fingerprint density at radius 2 is 2.03 bits per heavy atom. The van der Waals surface area contributed by atoms with Crippen LogP contribution in [0.3, 0.4) is 0 Å². The Bertz CT molecular complexity index is 1010. The number of sulfonamides is 1. The lowest BCUT2D eigenvalue weighted by Crippen LogP contribution is -2.46. The van der Waals surface area contributed by atoms with Crippen molar-refractivity contribution in [2.24, 2.45) is 0 Å². The predicted octanol–water partition coefficient (Wildman–Crippen LogP) is 1.10. The molecule has 29 heavy (non-hydrogen) atoms. The number of nitrogens with one attached hydrogen (secondary N) is 1. The molecule has 0 aliphatic carbocycles. The van der Waals surface area contributed by atoms with Crippen LogP contribution < -0.4 is 5.32 Å². The number of carbonyl (C=O) groups is 1. The van der Waals surface area contributed by atoms with E-state index in [4.69, 9.17) is 16.3 Å². The number of morpholine rings is 1. The van der Waals surface area contributed by atoms with Crippen molar-refractivity contribution in [2.75, 3.05) is 45.9 Å². The van der Waals surface area contributed by atoms with E-state index in [1.807, 2.05) is 4.90 Å². The van der Waals surface area contributed by atoms with E-state index in [0.717, 1.165) is 13.1 Å². The van der Waals surface area contributed by atoms with Gasteiger partial charge in [0.15, 0.2) is 0 Å². The molecule has 4 rings (SSSR count). The minimum Gasteiger partial charge on any atom is -0.379 e. The molecule has 2 saturated heterocycles. The third-order valence-corrected chi connectivity index (χ3v) is 7.50. The van der Waals surface area contributed by atoms with Gasteiger partial charge in [0.2, 0.25) is 15.9 Å². The molecular weight excluding hydrogens is 416 g/mol. The SMILES string of the molecule is O=C(CN1CCOCC1)N[C@@H]1CCN(S(=O)(=O)c2cccc3cncc(Cl)c23)C1. The van der Waals surface area contributed by atoms with Gasteiger partial charge in [-0.15, -0.1) is 0 Å². The van der Waals surface area contributed by atoms with Crippen LogP contribution >= 0.6 is 11.6 Å². The maximum atomic E-state index is 13.3. The van der Waals surface area contributed by atoms with E-state index in [-0.39, 0.29) is 23.4 Å². The highest BCUT2D eigenvalue weighted by Crippen LogP contribution is 2.32. The minimum atomic E-state index is -3.74. The molecule has 1 atom stereocenters. The molecule has 0 radical (unpaired) electrons. The Labute approximate surface area is 174 Å². The molecule has 1 amide bonds. The van der Waals surface area contributed by atoms with Crippen LogP contribution in [-0.4, -0.2) is 80.5 Å². The number of carbonyl (C=O) groups excluding carboxylic acids is 1. The molecule has 2 aliphatic heterocycles. The monoisotopic (exact) mass is 438 g/mol. The van der Waals surface area contributed by atoms with Gasteiger partial charge in [0.25, 0.3) is 0 Å². The average molecular weight is 439 g/mol. The van der Waals surface area contributed by atoms with Gasteiger partial charge in [0.1, 0.15) is 0 Å². The summed E-state index contributed by atoms with van der Waals surface area (Å²) >= 11 is 6.25. The van der Waals surface area contributed by atoms with Crippen molar-refractivity contribution >= 4 is 38.3 Å². The Hall–Kier alpha value is -1.78. The van der Waals surface area contributed by atoms with Crippen molar-refractivity contribution in [3.63, 3.8) is 0 Å². The quantitative estimate of drug-likeness (QED) is 0.751. The fourth-order valence-electron chi connectivity index (χ4n) is 3.81. The molecule has 0 bridgehead atoms. The highest BCUT2D eigenvalue weighted by atomic mass is 35.5. The number of benzene rings is 1. The van der Waals surface area contributed by atoms with Crippen LogP contribution in [0, 0.1) is 0 Å². The van der Waals surface area contributed by atoms with Gasteiger partial charge in [0, 0.05) is 55.4 Å². The first kappa shape index (κ1) is 20.5. The zero-order valence-electron chi connectivity index (χ0n) is 15.9. The highest BCUT2D eigenvalue weighted by molar-refractivity contribution is 7.89. The molecule has 156 valence electrons. The summed E-state index contributed by atoms with van der Waals surface area (Å²) in [5.41, 5.74) is 0. The van der Waals surface area contributed by atoms with Crippen LogP contribution in [-0.2, 0) is 19.6 Å². The lowest BCUT2D eigenvalue weighted by molar-refractivity contribution is -0.123. The van der Waals surface area contributed by atoms with Gasteiger partial charge in [-0.2, -0.15) is 4.31 Å². The number of rotatable bonds is 5. The Kier molecular flexibility index (Phi) is 6.03. The summed E-state index contributed by atoms with van der Waals surface area (Å²) in [4.78, 5) is 18.6. The number of hydrogen-bond donors (Lipinski definition) is 1. The van der Waals surface area contributed by atoms with Crippen LogP contribution in [0.25, 0.3) is 10.8 Å². The van der Waals surface area contributed by atoms with E-state index in [9.17, 15) is 13.2 Å². The second kappa shape index (κ2) is 8.53. The predicted molar refractivity (Wildman–Crippen MR) is 109 cm³/mol. The van der Waals surface area contributed by atoms with Gasteiger partial charge in [0.05, 0.1) is 29.7 Å². The number of fused-ring (bicyclic) bond motifs is 1. The normalized spacial score (nSPS) is 21.5. The number of amides is 1. The van der Waals surface area contributed by atoms with Crippen LogP contribution in [0.15, 0.2) is 35.5 Å². The zero-order valence-corrected chi connectivity index (χ0v) is 17.5. The van der Waals surface area contributed by atoms with Crippen LogP contribution in [0.1, 0.15) is 6.42 Å². The molecular formula is C19H23ClN4O4S. The van der Waals surface area contributed by atoms with Gasteiger partial charge in [-0.1, -0.05) is 23.7 Å². The summed E-state index contributed by atoms with van der Waals surface area (Å²) in [5, 5.41) is 4.42. The molecule has 2 aliphatic rings. The highest BCUT2D eigenvalue weighted by Gasteiger charge is 2.34. The molecule has 0 unspecified atom stereocenters. The molecule has 0 saturated carbocycles. The molecule has 3 heterocycles. The standard InChI is InChI=1S/C19H23ClN4O4S/c20-16-11-21-10-14-2-1-3-17(19(14)16)29(26,27)24-5-4-15(12-24)22-18(25)13-23-6-8-28-9-7-23/h1-3,10-11,15H,4-9,12-13H2,(H,22,25)/t15-/m1/s1. The zero-order chi connectivity index (χ0) is 20.4. The summed E-state index contributed by atoms with van der Waals surface area (Å²) in [6.07, 6.45) is 3.62. The second-order valence-corrected chi connectivity index (χ2v) is 9.59. The molecule has 8 nitrogen and oxygen atoms in total. The number of ether oxygens (including phenoxy) is 1.